The molecule has 1 saturated heterocycles. The molecule has 1 aliphatic rings. The van der Waals surface area contributed by atoms with E-state index >= 15 is 0 Å². The molecule has 2 heterocycles. The van der Waals surface area contributed by atoms with Gasteiger partial charge in [-0.25, -0.2) is 0 Å². The highest BCUT2D eigenvalue weighted by Gasteiger charge is 2.16. The Hall–Kier alpha value is -1.28. The highest BCUT2D eigenvalue weighted by atomic mass is 16.5. The molecule has 1 atom stereocenters. The molecular weight excluding hydrogens is 186 g/mol. The lowest BCUT2D eigenvalue weighted by atomic mass is 10.2. The lowest BCUT2D eigenvalue weighted by Crippen LogP contribution is -2.13. The fourth-order valence-corrected chi connectivity index (χ4v) is 2.22. The predicted octanol–water partition coefficient (Wildman–Crippen LogP) is 2.62. The van der Waals surface area contributed by atoms with Crippen LogP contribution in [0.25, 0.3) is 10.9 Å². The van der Waals surface area contributed by atoms with Gasteiger partial charge in [0.15, 0.2) is 0 Å². The van der Waals surface area contributed by atoms with E-state index in [2.05, 4.69) is 34.9 Å². The molecule has 0 aliphatic carbocycles. The van der Waals surface area contributed by atoms with Crippen LogP contribution in [0.1, 0.15) is 12.8 Å². The Balaban J connectivity index is 1.90. The van der Waals surface area contributed by atoms with E-state index in [0.717, 1.165) is 13.2 Å². The maximum Gasteiger partial charge on any atom is 0.0754 e. The van der Waals surface area contributed by atoms with Gasteiger partial charge in [-0.2, -0.15) is 0 Å². The SMILES string of the molecule is [c]1cn(C[C@H]2CCCO2)c2ccccc12. The van der Waals surface area contributed by atoms with Crippen LogP contribution in [0, 0.1) is 6.07 Å². The zero-order chi connectivity index (χ0) is 10.1. The fraction of sp³-hybridized carbons (Fsp3) is 0.385. The van der Waals surface area contributed by atoms with Crippen LogP contribution in [0.2, 0.25) is 0 Å². The topological polar surface area (TPSA) is 14.2 Å². The van der Waals surface area contributed by atoms with Gasteiger partial charge in [0.05, 0.1) is 6.10 Å². The van der Waals surface area contributed by atoms with Crippen LogP contribution in [0.4, 0.5) is 0 Å². The van der Waals surface area contributed by atoms with Crippen LogP contribution in [0.3, 0.4) is 0 Å². The van der Waals surface area contributed by atoms with Gasteiger partial charge in [0.1, 0.15) is 0 Å². The summed E-state index contributed by atoms with van der Waals surface area (Å²) < 4.78 is 7.88. The minimum atomic E-state index is 0.397. The molecule has 1 aromatic heterocycles. The third-order valence-electron chi connectivity index (χ3n) is 3.01. The number of rotatable bonds is 2. The highest BCUT2D eigenvalue weighted by Crippen LogP contribution is 2.19. The summed E-state index contributed by atoms with van der Waals surface area (Å²) in [6.07, 6.45) is 4.82. The van der Waals surface area contributed by atoms with E-state index < -0.39 is 0 Å². The quantitative estimate of drug-likeness (QED) is 0.727. The molecule has 15 heavy (non-hydrogen) atoms. The number of aromatic nitrogens is 1. The number of hydrogen-bond acceptors (Lipinski definition) is 1. The molecule has 1 radical (unpaired) electrons. The lowest BCUT2D eigenvalue weighted by molar-refractivity contribution is 0.0980. The number of para-hydroxylation sites is 1. The van der Waals surface area contributed by atoms with Gasteiger partial charge in [0, 0.05) is 36.3 Å². The molecule has 1 aromatic carbocycles. The standard InChI is InChI=1S/C13H14NO/c1-2-6-13-11(4-1)7-8-14(13)10-12-5-3-9-15-12/h1-2,4,6,8,12H,3,5,9-10H2/t12-/m1/s1. The normalized spacial score (nSPS) is 21.2. The molecule has 2 heteroatoms. The van der Waals surface area contributed by atoms with Crippen molar-refractivity contribution in [2.75, 3.05) is 6.61 Å². The second-order valence-electron chi connectivity index (χ2n) is 4.08. The van der Waals surface area contributed by atoms with Crippen LogP contribution >= 0.6 is 0 Å². The average molecular weight is 200 g/mol. The van der Waals surface area contributed by atoms with Crippen molar-refractivity contribution >= 4 is 10.9 Å². The number of benzene rings is 1. The first kappa shape index (κ1) is 8.98. The number of hydrogen-bond donors (Lipinski definition) is 0. The van der Waals surface area contributed by atoms with Gasteiger partial charge in [-0.05, 0) is 18.9 Å². The van der Waals surface area contributed by atoms with Crippen molar-refractivity contribution < 1.29 is 4.74 Å². The largest absolute Gasteiger partial charge is 0.376 e. The average Bonchev–Trinajstić information content (AvgIpc) is 2.89. The number of ether oxygens (including phenoxy) is 1. The number of fused-ring (bicyclic) bond motifs is 1. The van der Waals surface area contributed by atoms with Gasteiger partial charge < -0.3 is 9.30 Å². The van der Waals surface area contributed by atoms with Gasteiger partial charge in [0.25, 0.3) is 0 Å². The van der Waals surface area contributed by atoms with Crippen molar-refractivity contribution in [3.63, 3.8) is 0 Å². The predicted molar refractivity (Wildman–Crippen MR) is 59.7 cm³/mol. The monoisotopic (exact) mass is 200 g/mol. The molecule has 0 saturated carbocycles. The molecule has 0 N–H and O–H groups in total. The maximum absolute atomic E-state index is 5.64. The first-order chi connectivity index (χ1) is 7.43. The summed E-state index contributed by atoms with van der Waals surface area (Å²) in [5.41, 5.74) is 1.26. The lowest BCUT2D eigenvalue weighted by Gasteiger charge is -2.11. The summed E-state index contributed by atoms with van der Waals surface area (Å²) in [5.74, 6) is 0. The van der Waals surface area contributed by atoms with Crippen molar-refractivity contribution in [1.82, 2.24) is 4.57 Å². The Morgan fingerprint density at radius 2 is 2.33 bits per heavy atom. The molecule has 2 aromatic rings. The Labute approximate surface area is 89.5 Å². The van der Waals surface area contributed by atoms with Crippen LogP contribution < -0.4 is 0 Å². The Morgan fingerprint density at radius 3 is 3.20 bits per heavy atom. The van der Waals surface area contributed by atoms with E-state index in [1.54, 1.807) is 0 Å². The first-order valence-electron chi connectivity index (χ1n) is 5.50. The van der Waals surface area contributed by atoms with E-state index in [-0.39, 0.29) is 0 Å². The molecule has 0 unspecified atom stereocenters. The molecule has 1 aliphatic heterocycles. The Kier molecular flexibility index (Phi) is 2.22. The van der Waals surface area contributed by atoms with Crippen molar-refractivity contribution in [2.45, 2.75) is 25.5 Å². The van der Waals surface area contributed by atoms with Crippen LogP contribution in [0.5, 0.6) is 0 Å². The zero-order valence-corrected chi connectivity index (χ0v) is 8.65. The molecule has 77 valence electrons. The summed E-state index contributed by atoms with van der Waals surface area (Å²) in [5, 5.41) is 1.19. The first-order valence-corrected chi connectivity index (χ1v) is 5.50. The van der Waals surface area contributed by atoms with E-state index in [9.17, 15) is 0 Å². The molecule has 0 spiro atoms. The van der Waals surface area contributed by atoms with Crippen LogP contribution in [-0.4, -0.2) is 17.3 Å². The van der Waals surface area contributed by atoms with Gasteiger partial charge in [-0.3, -0.25) is 0 Å². The molecule has 3 rings (SSSR count). The van der Waals surface area contributed by atoms with Crippen molar-refractivity contribution in [3.8, 4) is 0 Å². The molecular formula is C13H14NO. The summed E-state index contributed by atoms with van der Waals surface area (Å²) in [6.45, 7) is 1.89. The third-order valence-corrected chi connectivity index (χ3v) is 3.01. The van der Waals surface area contributed by atoms with Gasteiger partial charge >= 0.3 is 0 Å². The van der Waals surface area contributed by atoms with Gasteiger partial charge in [0.2, 0.25) is 0 Å². The molecule has 2 nitrogen and oxygen atoms in total. The Morgan fingerprint density at radius 1 is 1.40 bits per heavy atom. The summed E-state index contributed by atoms with van der Waals surface area (Å²) >= 11 is 0. The summed E-state index contributed by atoms with van der Waals surface area (Å²) in [7, 11) is 0. The van der Waals surface area contributed by atoms with Crippen molar-refractivity contribution in [2.24, 2.45) is 0 Å². The van der Waals surface area contributed by atoms with Crippen molar-refractivity contribution in [1.29, 1.82) is 0 Å². The Bertz CT molecular complexity index is 454. The number of nitrogens with zero attached hydrogens (tertiary/aromatic N) is 1. The second kappa shape index (κ2) is 3.70. The third kappa shape index (κ3) is 1.65. The van der Waals surface area contributed by atoms with E-state index in [4.69, 9.17) is 4.74 Å². The highest BCUT2D eigenvalue weighted by molar-refractivity contribution is 5.79. The zero-order valence-electron chi connectivity index (χ0n) is 8.65. The van der Waals surface area contributed by atoms with E-state index in [0.29, 0.717) is 6.10 Å². The summed E-state index contributed by atoms with van der Waals surface area (Å²) in [6, 6.07) is 11.6. The smallest absolute Gasteiger partial charge is 0.0754 e. The molecule has 0 bridgehead atoms. The van der Waals surface area contributed by atoms with Gasteiger partial charge in [-0.15, -0.1) is 0 Å². The maximum atomic E-state index is 5.64. The molecule has 0 amide bonds. The van der Waals surface area contributed by atoms with E-state index in [1.165, 1.54) is 23.7 Å². The molecule has 1 fully saturated rings. The van der Waals surface area contributed by atoms with E-state index in [1.807, 2.05) is 6.20 Å². The second-order valence-corrected chi connectivity index (χ2v) is 4.08. The fourth-order valence-electron chi connectivity index (χ4n) is 2.22. The van der Waals surface area contributed by atoms with Crippen LogP contribution in [-0.2, 0) is 11.3 Å². The van der Waals surface area contributed by atoms with Gasteiger partial charge in [-0.1, -0.05) is 18.2 Å². The minimum Gasteiger partial charge on any atom is -0.376 e. The summed E-state index contributed by atoms with van der Waals surface area (Å²) in [4.78, 5) is 0. The van der Waals surface area contributed by atoms with Crippen molar-refractivity contribution in [3.05, 3.63) is 36.5 Å². The minimum absolute atomic E-state index is 0.397. The van der Waals surface area contributed by atoms with Crippen LogP contribution in [0.15, 0.2) is 30.5 Å².